The molecule has 0 saturated heterocycles. The van der Waals surface area contributed by atoms with Gasteiger partial charge in [-0.2, -0.15) is 0 Å². The van der Waals surface area contributed by atoms with Gasteiger partial charge >= 0.3 is 6.16 Å². The predicted octanol–water partition coefficient (Wildman–Crippen LogP) is 2.46. The molecule has 3 N–H and O–H groups in total. The van der Waals surface area contributed by atoms with E-state index in [9.17, 15) is 4.79 Å². The van der Waals surface area contributed by atoms with Crippen LogP contribution in [0.2, 0.25) is 0 Å². The number of nitrogens with two attached hydrogens (primary N) is 1. The Labute approximate surface area is 122 Å². The van der Waals surface area contributed by atoms with Crippen LogP contribution < -0.4 is 15.8 Å². The number of ether oxygens (including phenoxy) is 2. The van der Waals surface area contributed by atoms with Crippen LogP contribution in [-0.4, -0.2) is 31.6 Å². The normalized spacial score (nSPS) is 11.9. The highest BCUT2D eigenvalue weighted by molar-refractivity contribution is 14.2. The van der Waals surface area contributed by atoms with Crippen molar-refractivity contribution in [2.75, 3.05) is 25.9 Å². The zero-order valence-electron chi connectivity index (χ0n) is 9.89. The SMILES string of the molecule is CNCC(COC(=O)Oc1ccc(N)cc1)SI. The van der Waals surface area contributed by atoms with E-state index in [0.717, 1.165) is 6.54 Å². The Morgan fingerprint density at radius 3 is 2.72 bits per heavy atom. The summed E-state index contributed by atoms with van der Waals surface area (Å²) < 4.78 is 10.0. The third-order valence-electron chi connectivity index (χ3n) is 2.03. The zero-order valence-corrected chi connectivity index (χ0v) is 12.9. The van der Waals surface area contributed by atoms with E-state index in [4.69, 9.17) is 15.2 Å². The number of benzene rings is 1. The molecule has 0 aromatic heterocycles. The monoisotopic (exact) mass is 382 g/mol. The molecule has 0 fully saturated rings. The Morgan fingerprint density at radius 1 is 1.50 bits per heavy atom. The van der Waals surface area contributed by atoms with Gasteiger partial charge in [-0.25, -0.2) is 4.79 Å². The van der Waals surface area contributed by atoms with Crippen molar-refractivity contribution in [2.24, 2.45) is 0 Å². The third kappa shape index (κ3) is 5.78. The van der Waals surface area contributed by atoms with E-state index in [2.05, 4.69) is 26.5 Å². The summed E-state index contributed by atoms with van der Waals surface area (Å²) in [5.41, 5.74) is 6.14. The second kappa shape index (κ2) is 8.44. The Bertz CT molecular complexity index is 375. The lowest BCUT2D eigenvalue weighted by Gasteiger charge is -2.12. The highest BCUT2D eigenvalue weighted by atomic mass is 127. The molecular formula is C11H15IN2O3S. The van der Waals surface area contributed by atoms with Crippen molar-refractivity contribution < 1.29 is 14.3 Å². The lowest BCUT2D eigenvalue weighted by molar-refractivity contribution is 0.0995. The van der Waals surface area contributed by atoms with Crippen LogP contribution in [-0.2, 0) is 4.74 Å². The van der Waals surface area contributed by atoms with E-state index in [-0.39, 0.29) is 5.25 Å². The summed E-state index contributed by atoms with van der Waals surface area (Å²) in [6.45, 7) is 1.07. The van der Waals surface area contributed by atoms with Crippen molar-refractivity contribution in [3.8, 4) is 5.75 Å². The van der Waals surface area contributed by atoms with Gasteiger partial charge < -0.3 is 20.5 Å². The second-order valence-electron chi connectivity index (χ2n) is 3.50. The molecule has 100 valence electrons. The standard InChI is InChI=1S/C11H15IN2O3S/c1-14-6-10(18-12)7-16-11(15)17-9-4-2-8(13)3-5-9/h2-5,10,14H,6-7,13H2,1H3. The first-order valence-electron chi connectivity index (χ1n) is 5.28. The van der Waals surface area contributed by atoms with Crippen LogP contribution >= 0.6 is 30.1 Å². The van der Waals surface area contributed by atoms with Crippen LogP contribution in [0.4, 0.5) is 10.5 Å². The van der Waals surface area contributed by atoms with E-state index in [1.54, 1.807) is 33.2 Å². The van der Waals surface area contributed by atoms with Gasteiger partial charge in [0.1, 0.15) is 12.4 Å². The minimum Gasteiger partial charge on any atom is -0.433 e. The Morgan fingerprint density at radius 2 is 2.17 bits per heavy atom. The zero-order chi connectivity index (χ0) is 13.4. The van der Waals surface area contributed by atoms with Crippen LogP contribution in [0.15, 0.2) is 24.3 Å². The molecule has 1 atom stereocenters. The molecule has 0 amide bonds. The molecule has 1 aromatic carbocycles. The summed E-state index contributed by atoms with van der Waals surface area (Å²) in [5, 5.41) is 3.23. The molecule has 18 heavy (non-hydrogen) atoms. The number of nitrogens with one attached hydrogen (secondary N) is 1. The molecule has 0 saturated carbocycles. The number of carbonyl (C=O) groups excluding carboxylic acids is 1. The number of halogens is 1. The lowest BCUT2D eigenvalue weighted by Crippen LogP contribution is -2.26. The summed E-state index contributed by atoms with van der Waals surface area (Å²) in [4.78, 5) is 11.4. The summed E-state index contributed by atoms with van der Waals surface area (Å²) in [6.07, 6.45) is -0.702. The number of anilines is 1. The topological polar surface area (TPSA) is 73.6 Å². The van der Waals surface area contributed by atoms with E-state index >= 15 is 0 Å². The van der Waals surface area contributed by atoms with Gasteiger partial charge in [-0.3, -0.25) is 0 Å². The summed E-state index contributed by atoms with van der Waals surface area (Å²) in [6, 6.07) is 6.56. The van der Waals surface area contributed by atoms with Crippen molar-refractivity contribution >= 4 is 42.0 Å². The van der Waals surface area contributed by atoms with Crippen LogP contribution in [0.3, 0.4) is 0 Å². The molecule has 0 aliphatic rings. The number of rotatable bonds is 6. The van der Waals surface area contributed by atoms with Crippen molar-refractivity contribution in [2.45, 2.75) is 5.25 Å². The fourth-order valence-electron chi connectivity index (χ4n) is 1.17. The molecule has 0 spiro atoms. The largest absolute Gasteiger partial charge is 0.513 e. The van der Waals surface area contributed by atoms with Crippen molar-refractivity contribution in [3.63, 3.8) is 0 Å². The maximum atomic E-state index is 11.4. The molecule has 5 nitrogen and oxygen atoms in total. The van der Waals surface area contributed by atoms with E-state index < -0.39 is 6.16 Å². The summed E-state index contributed by atoms with van der Waals surface area (Å²) >= 11 is 2.18. The number of carbonyl (C=O) groups is 1. The van der Waals surface area contributed by atoms with Gasteiger partial charge in [0.2, 0.25) is 0 Å². The van der Waals surface area contributed by atoms with E-state index in [1.165, 1.54) is 0 Å². The van der Waals surface area contributed by atoms with Crippen molar-refractivity contribution in [3.05, 3.63) is 24.3 Å². The minimum atomic E-state index is -0.702. The Kier molecular flexibility index (Phi) is 7.21. The van der Waals surface area contributed by atoms with Gasteiger partial charge in [0.05, 0.1) is 5.25 Å². The molecule has 7 heteroatoms. The highest BCUT2D eigenvalue weighted by Crippen LogP contribution is 2.19. The van der Waals surface area contributed by atoms with E-state index in [1.807, 2.05) is 7.05 Å². The summed E-state index contributed by atoms with van der Waals surface area (Å²) in [5.74, 6) is 0.418. The first-order chi connectivity index (χ1) is 8.65. The summed E-state index contributed by atoms with van der Waals surface area (Å²) in [7, 11) is 3.46. The first-order valence-corrected chi connectivity index (χ1v) is 8.70. The first kappa shape index (κ1) is 15.4. The van der Waals surface area contributed by atoms with Crippen LogP contribution in [0, 0.1) is 0 Å². The minimum absolute atomic E-state index is 0.203. The van der Waals surface area contributed by atoms with E-state index in [0.29, 0.717) is 18.0 Å². The molecule has 0 bridgehead atoms. The molecule has 0 heterocycles. The molecule has 1 aromatic rings. The van der Waals surface area contributed by atoms with Gasteiger partial charge in [-0.05, 0) is 52.5 Å². The van der Waals surface area contributed by atoms with Gasteiger partial charge in [-0.15, -0.1) is 0 Å². The fourth-order valence-corrected chi connectivity index (χ4v) is 2.50. The molecular weight excluding hydrogens is 367 g/mol. The second-order valence-corrected chi connectivity index (χ2v) is 5.87. The van der Waals surface area contributed by atoms with Gasteiger partial charge in [0.25, 0.3) is 0 Å². The quantitative estimate of drug-likeness (QED) is 0.341. The molecule has 0 aliphatic carbocycles. The smallest absolute Gasteiger partial charge is 0.433 e. The Hall–Kier alpha value is -0.670. The molecule has 1 rings (SSSR count). The van der Waals surface area contributed by atoms with Crippen LogP contribution in [0.25, 0.3) is 0 Å². The number of hydrogen-bond donors (Lipinski definition) is 2. The molecule has 0 aliphatic heterocycles. The fraction of sp³-hybridized carbons (Fsp3) is 0.364. The highest BCUT2D eigenvalue weighted by Gasteiger charge is 2.12. The molecule has 1 unspecified atom stereocenters. The van der Waals surface area contributed by atoms with Gasteiger partial charge in [0, 0.05) is 12.2 Å². The number of hydrogen-bond acceptors (Lipinski definition) is 6. The average molecular weight is 382 g/mol. The van der Waals surface area contributed by atoms with Gasteiger partial charge in [0.15, 0.2) is 0 Å². The number of nitrogen functional groups attached to an aromatic ring is 1. The van der Waals surface area contributed by atoms with Crippen molar-refractivity contribution in [1.82, 2.24) is 5.32 Å². The average Bonchev–Trinajstić information content (AvgIpc) is 2.37. The lowest BCUT2D eigenvalue weighted by atomic mass is 10.3. The van der Waals surface area contributed by atoms with Crippen molar-refractivity contribution in [1.29, 1.82) is 0 Å². The van der Waals surface area contributed by atoms with Gasteiger partial charge in [-0.1, -0.05) is 8.93 Å². The van der Waals surface area contributed by atoms with Crippen LogP contribution in [0.5, 0.6) is 5.75 Å². The third-order valence-corrected chi connectivity index (χ3v) is 4.74. The molecule has 0 radical (unpaired) electrons. The maximum absolute atomic E-state index is 11.4. The Balaban J connectivity index is 2.35. The van der Waals surface area contributed by atoms with Crippen LogP contribution in [0.1, 0.15) is 0 Å². The predicted molar refractivity (Wildman–Crippen MR) is 82.2 cm³/mol. The maximum Gasteiger partial charge on any atom is 0.513 e.